The van der Waals surface area contributed by atoms with E-state index in [1.54, 1.807) is 23.5 Å². The second kappa shape index (κ2) is 8.60. The van der Waals surface area contributed by atoms with E-state index in [0.717, 1.165) is 41.0 Å². The smallest absolute Gasteiger partial charge is 0.293 e. The number of furan rings is 1. The first kappa shape index (κ1) is 19.9. The Balaban J connectivity index is 1.28. The van der Waals surface area contributed by atoms with E-state index in [4.69, 9.17) is 9.40 Å². The third-order valence-electron chi connectivity index (χ3n) is 5.27. The Labute approximate surface area is 186 Å². The molecule has 1 saturated heterocycles. The fourth-order valence-corrected chi connectivity index (χ4v) is 5.61. The highest BCUT2D eigenvalue weighted by Gasteiger charge is 2.30. The summed E-state index contributed by atoms with van der Waals surface area (Å²) in [6.45, 7) is 0.728. The van der Waals surface area contributed by atoms with Crippen LogP contribution in [0.1, 0.15) is 46.6 Å². The molecule has 7 nitrogen and oxygen atoms in total. The third-order valence-corrected chi connectivity index (χ3v) is 7.21. The summed E-state index contributed by atoms with van der Waals surface area (Å²) < 4.78 is 6.24. The SMILES string of the molecule is O=C(Nc1nc(CC(=O)N2CCCCC2c2nc3ccccc3s2)cs1)c1ccco1. The summed E-state index contributed by atoms with van der Waals surface area (Å²) in [6, 6.07) is 11.3. The fraction of sp³-hybridized carbons (Fsp3) is 0.273. The molecule has 0 bridgehead atoms. The quantitative estimate of drug-likeness (QED) is 0.466. The molecule has 1 atom stereocenters. The van der Waals surface area contributed by atoms with Crippen molar-refractivity contribution in [3.63, 3.8) is 0 Å². The number of hydrogen-bond acceptors (Lipinski definition) is 7. The lowest BCUT2D eigenvalue weighted by atomic mass is 10.0. The number of benzene rings is 1. The summed E-state index contributed by atoms with van der Waals surface area (Å²) in [5.41, 5.74) is 1.63. The van der Waals surface area contributed by atoms with Crippen LogP contribution in [0, 0.1) is 0 Å². The standard InChI is InChI=1S/C22H20N4O3S2/c27-19(12-14-13-30-22(23-14)25-20(28)17-8-5-11-29-17)26-10-4-3-7-16(26)21-24-15-6-1-2-9-18(15)31-21/h1-2,5-6,8-9,11,13,16H,3-4,7,10,12H2,(H,23,25,28). The van der Waals surface area contributed by atoms with Gasteiger partial charge < -0.3 is 9.32 Å². The van der Waals surface area contributed by atoms with Crippen LogP contribution in [-0.2, 0) is 11.2 Å². The molecule has 158 valence electrons. The molecule has 4 aromatic rings. The van der Waals surface area contributed by atoms with E-state index in [1.807, 2.05) is 28.5 Å². The van der Waals surface area contributed by atoms with Crippen molar-refractivity contribution in [3.05, 3.63) is 64.5 Å². The number of nitrogens with one attached hydrogen (secondary N) is 1. The van der Waals surface area contributed by atoms with Crippen LogP contribution in [0.5, 0.6) is 0 Å². The normalized spacial score (nSPS) is 16.5. The van der Waals surface area contributed by atoms with Crippen molar-refractivity contribution in [2.24, 2.45) is 0 Å². The van der Waals surface area contributed by atoms with Gasteiger partial charge in [-0.1, -0.05) is 12.1 Å². The molecule has 1 aliphatic rings. The zero-order chi connectivity index (χ0) is 21.2. The number of amides is 2. The number of aromatic nitrogens is 2. The summed E-state index contributed by atoms with van der Waals surface area (Å²) in [5.74, 6) is -0.0952. The van der Waals surface area contributed by atoms with Gasteiger partial charge in [0.25, 0.3) is 5.91 Å². The van der Waals surface area contributed by atoms with E-state index < -0.39 is 0 Å². The number of anilines is 1. The van der Waals surface area contributed by atoms with Crippen LogP contribution in [0.2, 0.25) is 0 Å². The van der Waals surface area contributed by atoms with E-state index in [-0.39, 0.29) is 30.0 Å². The predicted octanol–water partition coefficient (Wildman–Crippen LogP) is 4.89. The Morgan fingerprint density at radius 2 is 2.06 bits per heavy atom. The lowest BCUT2D eigenvalue weighted by Gasteiger charge is -2.34. The van der Waals surface area contributed by atoms with Gasteiger partial charge in [0.15, 0.2) is 10.9 Å². The molecule has 9 heteroatoms. The van der Waals surface area contributed by atoms with Gasteiger partial charge in [-0.2, -0.15) is 0 Å². The zero-order valence-corrected chi connectivity index (χ0v) is 18.2. The first-order valence-corrected chi connectivity index (χ1v) is 11.8. The van der Waals surface area contributed by atoms with Gasteiger partial charge in [-0.15, -0.1) is 22.7 Å². The second-order valence-corrected chi connectivity index (χ2v) is 9.29. The molecule has 31 heavy (non-hydrogen) atoms. The number of para-hydroxylation sites is 1. The number of carbonyl (C=O) groups excluding carboxylic acids is 2. The van der Waals surface area contributed by atoms with Crippen molar-refractivity contribution in [2.45, 2.75) is 31.7 Å². The Morgan fingerprint density at radius 3 is 2.90 bits per heavy atom. The number of piperidine rings is 1. The van der Waals surface area contributed by atoms with Gasteiger partial charge in [0.05, 0.1) is 34.6 Å². The van der Waals surface area contributed by atoms with Crippen LogP contribution in [-0.4, -0.2) is 33.2 Å². The average Bonchev–Trinajstić information content (AvgIpc) is 3.54. The van der Waals surface area contributed by atoms with E-state index in [9.17, 15) is 9.59 Å². The largest absolute Gasteiger partial charge is 0.459 e. The molecule has 3 aromatic heterocycles. The maximum atomic E-state index is 13.1. The van der Waals surface area contributed by atoms with Crippen molar-refractivity contribution in [1.82, 2.24) is 14.9 Å². The second-order valence-electron chi connectivity index (χ2n) is 7.37. The van der Waals surface area contributed by atoms with Crippen LogP contribution in [0.3, 0.4) is 0 Å². The molecule has 4 heterocycles. The molecule has 0 aliphatic carbocycles. The molecule has 0 spiro atoms. The predicted molar refractivity (Wildman–Crippen MR) is 120 cm³/mol. The fourth-order valence-electron chi connectivity index (χ4n) is 3.79. The summed E-state index contributed by atoms with van der Waals surface area (Å²) in [6.07, 6.45) is 4.65. The van der Waals surface area contributed by atoms with Crippen LogP contribution in [0.15, 0.2) is 52.5 Å². The van der Waals surface area contributed by atoms with Gasteiger partial charge in [0, 0.05) is 11.9 Å². The van der Waals surface area contributed by atoms with E-state index in [1.165, 1.54) is 17.6 Å². The van der Waals surface area contributed by atoms with Crippen LogP contribution < -0.4 is 5.32 Å². The lowest BCUT2D eigenvalue weighted by Crippen LogP contribution is -2.39. The molecule has 1 N–H and O–H groups in total. The van der Waals surface area contributed by atoms with Crippen molar-refractivity contribution in [3.8, 4) is 0 Å². The Morgan fingerprint density at radius 1 is 1.16 bits per heavy atom. The van der Waals surface area contributed by atoms with E-state index >= 15 is 0 Å². The van der Waals surface area contributed by atoms with Gasteiger partial charge in [-0.05, 0) is 43.5 Å². The minimum absolute atomic E-state index is 0.00964. The molecule has 1 aliphatic heterocycles. The van der Waals surface area contributed by atoms with Gasteiger partial charge >= 0.3 is 0 Å². The number of rotatable bonds is 5. The van der Waals surface area contributed by atoms with Gasteiger partial charge in [0.2, 0.25) is 5.91 Å². The van der Waals surface area contributed by atoms with E-state index in [2.05, 4.69) is 16.4 Å². The number of thiazole rings is 2. The van der Waals surface area contributed by atoms with Crippen molar-refractivity contribution in [2.75, 3.05) is 11.9 Å². The minimum atomic E-state index is -0.357. The van der Waals surface area contributed by atoms with Crippen molar-refractivity contribution in [1.29, 1.82) is 0 Å². The highest BCUT2D eigenvalue weighted by atomic mass is 32.1. The number of hydrogen-bond donors (Lipinski definition) is 1. The average molecular weight is 453 g/mol. The number of nitrogens with zero attached hydrogens (tertiary/aromatic N) is 3. The molecule has 2 amide bonds. The summed E-state index contributed by atoms with van der Waals surface area (Å²) >= 11 is 2.96. The highest BCUT2D eigenvalue weighted by Crippen LogP contribution is 2.36. The summed E-state index contributed by atoms with van der Waals surface area (Å²) in [4.78, 5) is 36.4. The monoisotopic (exact) mass is 452 g/mol. The number of fused-ring (bicyclic) bond motifs is 1. The first-order chi connectivity index (χ1) is 15.2. The third kappa shape index (κ3) is 4.24. The van der Waals surface area contributed by atoms with E-state index in [0.29, 0.717) is 10.8 Å². The molecule has 0 radical (unpaired) electrons. The van der Waals surface area contributed by atoms with Crippen LogP contribution in [0.25, 0.3) is 10.2 Å². The molecule has 0 saturated carbocycles. The Kier molecular flexibility index (Phi) is 5.52. The highest BCUT2D eigenvalue weighted by molar-refractivity contribution is 7.18. The number of carbonyl (C=O) groups is 2. The van der Waals surface area contributed by atoms with Crippen LogP contribution in [0.4, 0.5) is 5.13 Å². The molecule has 5 rings (SSSR count). The lowest BCUT2D eigenvalue weighted by molar-refractivity contribution is -0.134. The minimum Gasteiger partial charge on any atom is -0.459 e. The van der Waals surface area contributed by atoms with Gasteiger partial charge in [-0.25, -0.2) is 9.97 Å². The van der Waals surface area contributed by atoms with Crippen molar-refractivity contribution < 1.29 is 14.0 Å². The maximum absolute atomic E-state index is 13.1. The zero-order valence-electron chi connectivity index (χ0n) is 16.6. The van der Waals surface area contributed by atoms with Crippen LogP contribution >= 0.6 is 22.7 Å². The summed E-state index contributed by atoms with van der Waals surface area (Å²) in [5, 5.41) is 5.97. The van der Waals surface area contributed by atoms with Crippen molar-refractivity contribution >= 4 is 49.8 Å². The maximum Gasteiger partial charge on any atom is 0.293 e. The molecule has 1 fully saturated rings. The molecule has 1 aromatic carbocycles. The first-order valence-electron chi connectivity index (χ1n) is 10.1. The number of likely N-dealkylation sites (tertiary alicyclic amines) is 1. The Bertz CT molecular complexity index is 1180. The summed E-state index contributed by atoms with van der Waals surface area (Å²) in [7, 11) is 0. The molecular weight excluding hydrogens is 432 g/mol. The topological polar surface area (TPSA) is 88.3 Å². The molecule has 1 unspecified atom stereocenters. The van der Waals surface area contributed by atoms with Gasteiger partial charge in [-0.3, -0.25) is 14.9 Å². The van der Waals surface area contributed by atoms with Gasteiger partial charge in [0.1, 0.15) is 5.01 Å². The Hall–Kier alpha value is -3.04. The molecular formula is C22H20N4O3S2.